The van der Waals surface area contributed by atoms with Gasteiger partial charge in [0.05, 0.1) is 6.54 Å². The van der Waals surface area contributed by atoms with Crippen molar-refractivity contribution in [1.82, 2.24) is 4.90 Å². The van der Waals surface area contributed by atoms with Gasteiger partial charge in [-0.15, -0.1) is 0 Å². The van der Waals surface area contributed by atoms with Crippen LogP contribution in [0.25, 0.3) is 0 Å². The molecule has 56 valence electrons. The molecule has 0 aromatic heterocycles. The van der Waals surface area contributed by atoms with Crippen LogP contribution in [0.4, 0.5) is 0 Å². The SMILES string of the molecule is CN1CCOC(=NO)C1=O. The molecule has 0 atom stereocenters. The lowest BCUT2D eigenvalue weighted by molar-refractivity contribution is -0.127. The van der Waals surface area contributed by atoms with Crippen LogP contribution < -0.4 is 0 Å². The van der Waals surface area contributed by atoms with Gasteiger partial charge in [-0.2, -0.15) is 0 Å². The van der Waals surface area contributed by atoms with Gasteiger partial charge in [0.25, 0.3) is 0 Å². The molecule has 5 heteroatoms. The molecule has 0 aliphatic carbocycles. The number of oxime groups is 1. The molecule has 10 heavy (non-hydrogen) atoms. The average Bonchev–Trinajstić information content (AvgIpc) is 1.95. The topological polar surface area (TPSA) is 62.1 Å². The van der Waals surface area contributed by atoms with Crippen molar-refractivity contribution in [3.63, 3.8) is 0 Å². The Balaban J connectivity index is 2.69. The Morgan fingerprint density at radius 1 is 1.80 bits per heavy atom. The molecule has 0 spiro atoms. The van der Waals surface area contributed by atoms with Gasteiger partial charge in [-0.3, -0.25) is 4.79 Å². The monoisotopic (exact) mass is 144 g/mol. The van der Waals surface area contributed by atoms with Crippen molar-refractivity contribution in [1.29, 1.82) is 0 Å². The zero-order valence-corrected chi connectivity index (χ0v) is 5.57. The van der Waals surface area contributed by atoms with E-state index in [4.69, 9.17) is 9.94 Å². The highest BCUT2D eigenvalue weighted by Crippen LogP contribution is 1.97. The van der Waals surface area contributed by atoms with Gasteiger partial charge in [-0.1, -0.05) is 0 Å². The molecular formula is C5H8N2O3. The van der Waals surface area contributed by atoms with Crippen molar-refractivity contribution in [2.24, 2.45) is 5.16 Å². The van der Waals surface area contributed by atoms with Crippen LogP contribution in [0.1, 0.15) is 0 Å². The lowest BCUT2D eigenvalue weighted by atomic mass is 10.4. The standard InChI is InChI=1S/C5H8N2O3/c1-7-2-3-10-4(6-9)5(7)8/h9H,2-3H2,1H3. The second-order valence-corrected chi connectivity index (χ2v) is 1.98. The van der Waals surface area contributed by atoms with Crippen LogP contribution in [0.5, 0.6) is 0 Å². The maximum Gasteiger partial charge on any atom is 0.316 e. The molecule has 1 heterocycles. The van der Waals surface area contributed by atoms with Crippen LogP contribution in [0.15, 0.2) is 5.16 Å². The van der Waals surface area contributed by atoms with Crippen molar-refractivity contribution >= 4 is 11.8 Å². The highest BCUT2D eigenvalue weighted by molar-refractivity contribution is 6.35. The largest absolute Gasteiger partial charge is 0.470 e. The molecule has 1 aliphatic heterocycles. The van der Waals surface area contributed by atoms with E-state index in [-0.39, 0.29) is 11.8 Å². The maximum absolute atomic E-state index is 10.9. The number of carbonyl (C=O) groups excluding carboxylic acids is 1. The number of ether oxygens (including phenoxy) is 1. The smallest absolute Gasteiger partial charge is 0.316 e. The maximum atomic E-state index is 10.9. The number of amides is 1. The van der Waals surface area contributed by atoms with E-state index in [1.54, 1.807) is 7.05 Å². The van der Waals surface area contributed by atoms with Gasteiger partial charge >= 0.3 is 11.8 Å². The number of carbonyl (C=O) groups is 1. The van der Waals surface area contributed by atoms with Crippen LogP contribution >= 0.6 is 0 Å². The predicted molar refractivity (Wildman–Crippen MR) is 32.8 cm³/mol. The van der Waals surface area contributed by atoms with Crippen LogP contribution in [-0.2, 0) is 9.53 Å². The van der Waals surface area contributed by atoms with Crippen molar-refractivity contribution in [2.75, 3.05) is 20.2 Å². The van der Waals surface area contributed by atoms with E-state index >= 15 is 0 Å². The molecular weight excluding hydrogens is 136 g/mol. The van der Waals surface area contributed by atoms with Crippen molar-refractivity contribution < 1.29 is 14.7 Å². The lowest BCUT2D eigenvalue weighted by Crippen LogP contribution is -2.42. The van der Waals surface area contributed by atoms with Crippen molar-refractivity contribution in [3.8, 4) is 0 Å². The summed E-state index contributed by atoms with van der Waals surface area (Å²) >= 11 is 0. The summed E-state index contributed by atoms with van der Waals surface area (Å²) in [6.45, 7) is 0.930. The summed E-state index contributed by atoms with van der Waals surface area (Å²) < 4.78 is 4.72. The summed E-state index contributed by atoms with van der Waals surface area (Å²) in [6, 6.07) is 0. The lowest BCUT2D eigenvalue weighted by Gasteiger charge is -2.22. The minimum atomic E-state index is -0.381. The molecule has 5 nitrogen and oxygen atoms in total. The van der Waals surface area contributed by atoms with Crippen LogP contribution in [-0.4, -0.2) is 42.1 Å². The first-order valence-electron chi connectivity index (χ1n) is 2.86. The van der Waals surface area contributed by atoms with Gasteiger partial charge in [0.1, 0.15) is 6.61 Å². The Bertz CT molecular complexity index is 178. The summed E-state index contributed by atoms with van der Waals surface area (Å²) in [5, 5.41) is 10.9. The second-order valence-electron chi connectivity index (χ2n) is 1.98. The van der Waals surface area contributed by atoms with E-state index < -0.39 is 0 Å². The fourth-order valence-corrected chi connectivity index (χ4v) is 0.677. The Morgan fingerprint density at radius 3 is 3.00 bits per heavy atom. The number of nitrogens with zero attached hydrogens (tertiary/aromatic N) is 2. The highest BCUT2D eigenvalue weighted by Gasteiger charge is 2.23. The number of likely N-dealkylation sites (N-methyl/N-ethyl adjacent to an activating group) is 1. The summed E-state index contributed by atoms with van der Waals surface area (Å²) in [7, 11) is 1.62. The summed E-state index contributed by atoms with van der Waals surface area (Å²) in [6.07, 6.45) is 0. The molecule has 0 aromatic rings. The van der Waals surface area contributed by atoms with Gasteiger partial charge < -0.3 is 14.8 Å². The Kier molecular flexibility index (Phi) is 1.75. The number of morpholine rings is 1. The minimum Gasteiger partial charge on any atom is -0.470 e. The Morgan fingerprint density at radius 2 is 2.50 bits per heavy atom. The van der Waals surface area contributed by atoms with Crippen LogP contribution in [0, 0.1) is 0 Å². The Hall–Kier alpha value is -1.26. The molecule has 1 amide bonds. The second kappa shape index (κ2) is 2.55. The quantitative estimate of drug-likeness (QED) is 0.360. The Labute approximate surface area is 57.9 Å². The fourth-order valence-electron chi connectivity index (χ4n) is 0.677. The normalized spacial score (nSPS) is 23.1. The first kappa shape index (κ1) is 6.85. The summed E-state index contributed by atoms with van der Waals surface area (Å²) in [5.41, 5.74) is 0. The zero-order chi connectivity index (χ0) is 7.56. The molecule has 1 rings (SSSR count). The summed E-state index contributed by atoms with van der Waals surface area (Å²) in [4.78, 5) is 12.3. The van der Waals surface area contributed by atoms with Crippen LogP contribution in [0.3, 0.4) is 0 Å². The van der Waals surface area contributed by atoms with Gasteiger partial charge in [-0.05, 0) is 5.16 Å². The van der Waals surface area contributed by atoms with Gasteiger partial charge in [0.15, 0.2) is 0 Å². The third-order valence-electron chi connectivity index (χ3n) is 1.29. The van der Waals surface area contributed by atoms with Gasteiger partial charge in [0.2, 0.25) is 0 Å². The number of hydrogen-bond donors (Lipinski definition) is 1. The highest BCUT2D eigenvalue weighted by atomic mass is 16.5. The molecule has 1 fully saturated rings. The van der Waals surface area contributed by atoms with E-state index in [1.165, 1.54) is 4.90 Å². The number of hydrogen-bond acceptors (Lipinski definition) is 4. The molecule has 0 bridgehead atoms. The molecule has 0 saturated carbocycles. The summed E-state index contributed by atoms with van der Waals surface area (Å²) in [5.74, 6) is -0.609. The first-order valence-corrected chi connectivity index (χ1v) is 2.86. The molecule has 1 saturated heterocycles. The molecule has 0 aromatic carbocycles. The van der Waals surface area contributed by atoms with E-state index in [9.17, 15) is 4.79 Å². The van der Waals surface area contributed by atoms with Crippen molar-refractivity contribution in [2.45, 2.75) is 0 Å². The first-order chi connectivity index (χ1) is 4.75. The minimum absolute atomic E-state index is 0.228. The van der Waals surface area contributed by atoms with E-state index in [1.807, 2.05) is 0 Å². The third-order valence-corrected chi connectivity index (χ3v) is 1.29. The molecule has 1 N–H and O–H groups in total. The van der Waals surface area contributed by atoms with E-state index in [0.717, 1.165) is 0 Å². The average molecular weight is 144 g/mol. The van der Waals surface area contributed by atoms with Crippen LogP contribution in [0.2, 0.25) is 0 Å². The number of rotatable bonds is 0. The molecule has 0 radical (unpaired) electrons. The fraction of sp³-hybridized carbons (Fsp3) is 0.600. The third kappa shape index (κ3) is 1.02. The molecule has 0 unspecified atom stereocenters. The van der Waals surface area contributed by atoms with E-state index in [2.05, 4.69) is 5.16 Å². The van der Waals surface area contributed by atoms with E-state index in [0.29, 0.717) is 13.2 Å². The van der Waals surface area contributed by atoms with Gasteiger partial charge in [-0.25, -0.2) is 0 Å². The van der Waals surface area contributed by atoms with Crippen molar-refractivity contribution in [3.05, 3.63) is 0 Å². The molecule has 1 aliphatic rings. The predicted octanol–water partition coefficient (Wildman–Crippen LogP) is -0.737. The zero-order valence-electron chi connectivity index (χ0n) is 5.57. The van der Waals surface area contributed by atoms with Gasteiger partial charge in [0, 0.05) is 7.05 Å².